The number of nitrogens with one attached hydrogen (secondary N) is 1. The summed E-state index contributed by atoms with van der Waals surface area (Å²) in [5.41, 5.74) is 0.141. The fourth-order valence-electron chi connectivity index (χ4n) is 2.15. The lowest BCUT2D eigenvalue weighted by Gasteiger charge is -2.13. The van der Waals surface area contributed by atoms with Crippen LogP contribution in [0.4, 0.5) is 8.78 Å². The summed E-state index contributed by atoms with van der Waals surface area (Å²) in [5, 5.41) is 12.9. The Kier molecular flexibility index (Phi) is 8.38. The van der Waals surface area contributed by atoms with E-state index in [4.69, 9.17) is 0 Å². The molecule has 0 aliphatic heterocycles. The second-order valence-electron chi connectivity index (χ2n) is 5.15. The normalized spacial score (nSPS) is 12.6. The molecule has 114 valence electrons. The minimum atomic E-state index is -0.935. The second-order valence-corrected chi connectivity index (χ2v) is 5.15. The van der Waals surface area contributed by atoms with Gasteiger partial charge in [-0.2, -0.15) is 0 Å². The van der Waals surface area contributed by atoms with E-state index in [2.05, 4.69) is 12.2 Å². The van der Waals surface area contributed by atoms with Gasteiger partial charge in [0, 0.05) is 18.2 Å². The summed E-state index contributed by atoms with van der Waals surface area (Å²) in [6.07, 6.45) is 6.35. The SMILES string of the molecule is CCCCCCCCNCC(O)c1ccc(F)cc1F. The highest BCUT2D eigenvalue weighted by atomic mass is 19.1. The lowest BCUT2D eigenvalue weighted by atomic mass is 10.1. The van der Waals surface area contributed by atoms with E-state index in [1.54, 1.807) is 0 Å². The summed E-state index contributed by atoms with van der Waals surface area (Å²) in [6, 6.07) is 3.25. The number of rotatable bonds is 10. The lowest BCUT2D eigenvalue weighted by molar-refractivity contribution is 0.170. The minimum absolute atomic E-state index is 0.141. The molecule has 2 nitrogen and oxygen atoms in total. The van der Waals surface area contributed by atoms with Crippen molar-refractivity contribution in [1.82, 2.24) is 5.32 Å². The molecule has 1 atom stereocenters. The monoisotopic (exact) mass is 285 g/mol. The third kappa shape index (κ3) is 6.44. The van der Waals surface area contributed by atoms with Crippen molar-refractivity contribution in [3.8, 4) is 0 Å². The van der Waals surface area contributed by atoms with Crippen molar-refractivity contribution < 1.29 is 13.9 Å². The Bertz CT molecular complexity index is 385. The molecule has 1 aromatic carbocycles. The zero-order valence-corrected chi connectivity index (χ0v) is 12.2. The highest BCUT2D eigenvalue weighted by Gasteiger charge is 2.12. The average molecular weight is 285 g/mol. The number of hydrogen-bond donors (Lipinski definition) is 2. The lowest BCUT2D eigenvalue weighted by Crippen LogP contribution is -2.23. The van der Waals surface area contributed by atoms with E-state index in [1.165, 1.54) is 38.2 Å². The number of aliphatic hydroxyl groups is 1. The molecular formula is C16H25F2NO. The van der Waals surface area contributed by atoms with Gasteiger partial charge in [0.1, 0.15) is 11.6 Å². The van der Waals surface area contributed by atoms with Crippen LogP contribution in [0.5, 0.6) is 0 Å². The van der Waals surface area contributed by atoms with Gasteiger partial charge in [-0.3, -0.25) is 0 Å². The van der Waals surface area contributed by atoms with Crippen molar-refractivity contribution in [1.29, 1.82) is 0 Å². The molecule has 0 fully saturated rings. The summed E-state index contributed by atoms with van der Waals surface area (Å²) >= 11 is 0. The quantitative estimate of drug-likeness (QED) is 0.638. The van der Waals surface area contributed by atoms with Gasteiger partial charge in [0.15, 0.2) is 0 Å². The van der Waals surface area contributed by atoms with Gasteiger partial charge in [-0.1, -0.05) is 45.1 Å². The second kappa shape index (κ2) is 9.83. The van der Waals surface area contributed by atoms with E-state index in [9.17, 15) is 13.9 Å². The molecule has 0 radical (unpaired) electrons. The van der Waals surface area contributed by atoms with Crippen LogP contribution in [0.1, 0.15) is 57.1 Å². The van der Waals surface area contributed by atoms with E-state index in [0.717, 1.165) is 25.1 Å². The first-order valence-electron chi connectivity index (χ1n) is 7.49. The number of halogens is 2. The third-order valence-electron chi connectivity index (χ3n) is 3.37. The van der Waals surface area contributed by atoms with E-state index < -0.39 is 17.7 Å². The van der Waals surface area contributed by atoms with Crippen LogP contribution >= 0.6 is 0 Å². The number of aliphatic hydroxyl groups excluding tert-OH is 1. The van der Waals surface area contributed by atoms with Gasteiger partial charge in [-0.05, 0) is 19.0 Å². The van der Waals surface area contributed by atoms with Gasteiger partial charge in [-0.25, -0.2) is 8.78 Å². The van der Waals surface area contributed by atoms with Crippen molar-refractivity contribution in [3.63, 3.8) is 0 Å². The Morgan fingerprint density at radius 2 is 1.80 bits per heavy atom. The molecule has 0 aliphatic rings. The van der Waals surface area contributed by atoms with Crippen LogP contribution in [0, 0.1) is 11.6 Å². The third-order valence-corrected chi connectivity index (χ3v) is 3.37. The maximum absolute atomic E-state index is 13.4. The van der Waals surface area contributed by atoms with E-state index in [0.29, 0.717) is 0 Å². The van der Waals surface area contributed by atoms with Gasteiger partial charge >= 0.3 is 0 Å². The van der Waals surface area contributed by atoms with Crippen LogP contribution in [-0.4, -0.2) is 18.2 Å². The molecule has 0 saturated carbocycles. The highest BCUT2D eigenvalue weighted by Crippen LogP contribution is 2.17. The number of hydrogen-bond acceptors (Lipinski definition) is 2. The molecule has 4 heteroatoms. The van der Waals surface area contributed by atoms with E-state index >= 15 is 0 Å². The molecule has 20 heavy (non-hydrogen) atoms. The molecule has 0 bridgehead atoms. The molecule has 0 amide bonds. The van der Waals surface area contributed by atoms with E-state index in [-0.39, 0.29) is 12.1 Å². The molecule has 0 aromatic heterocycles. The van der Waals surface area contributed by atoms with Gasteiger partial charge in [0.05, 0.1) is 6.10 Å². The van der Waals surface area contributed by atoms with Crippen molar-refractivity contribution in [2.75, 3.05) is 13.1 Å². The summed E-state index contributed by atoms with van der Waals surface area (Å²) in [4.78, 5) is 0. The Balaban J connectivity index is 2.15. The Morgan fingerprint density at radius 3 is 2.50 bits per heavy atom. The first-order chi connectivity index (χ1) is 9.65. The molecule has 0 saturated heterocycles. The Hall–Kier alpha value is -1.00. The van der Waals surface area contributed by atoms with Gasteiger partial charge in [0.2, 0.25) is 0 Å². The van der Waals surface area contributed by atoms with Crippen molar-refractivity contribution >= 4 is 0 Å². The van der Waals surface area contributed by atoms with Crippen LogP contribution in [0.2, 0.25) is 0 Å². The van der Waals surface area contributed by atoms with Crippen molar-refractivity contribution in [2.24, 2.45) is 0 Å². The Labute approximate surface area is 120 Å². The van der Waals surface area contributed by atoms with Crippen LogP contribution in [0.25, 0.3) is 0 Å². The first-order valence-corrected chi connectivity index (χ1v) is 7.49. The Morgan fingerprint density at radius 1 is 1.10 bits per heavy atom. The molecule has 1 unspecified atom stereocenters. The molecule has 1 aromatic rings. The first kappa shape index (κ1) is 17.1. The molecule has 0 heterocycles. The fraction of sp³-hybridized carbons (Fsp3) is 0.625. The van der Waals surface area contributed by atoms with Gasteiger partial charge < -0.3 is 10.4 Å². The number of unbranched alkanes of at least 4 members (excludes halogenated alkanes) is 5. The summed E-state index contributed by atoms with van der Waals surface area (Å²) in [7, 11) is 0. The molecule has 2 N–H and O–H groups in total. The van der Waals surface area contributed by atoms with Crippen LogP contribution in [0.15, 0.2) is 18.2 Å². The topological polar surface area (TPSA) is 32.3 Å². The predicted octanol–water partition coefficient (Wildman–Crippen LogP) is 3.95. The van der Waals surface area contributed by atoms with Crippen molar-refractivity contribution in [3.05, 3.63) is 35.4 Å². The molecule has 0 spiro atoms. The summed E-state index contributed by atoms with van der Waals surface area (Å²) in [5.74, 6) is -1.32. The maximum atomic E-state index is 13.4. The van der Waals surface area contributed by atoms with Gasteiger partial charge in [-0.15, -0.1) is 0 Å². The van der Waals surface area contributed by atoms with Crippen LogP contribution < -0.4 is 5.32 Å². The zero-order valence-electron chi connectivity index (χ0n) is 12.2. The molecular weight excluding hydrogens is 260 g/mol. The minimum Gasteiger partial charge on any atom is -0.387 e. The maximum Gasteiger partial charge on any atom is 0.131 e. The molecule has 0 aliphatic carbocycles. The molecule has 1 rings (SSSR count). The highest BCUT2D eigenvalue weighted by molar-refractivity contribution is 5.21. The average Bonchev–Trinajstić information content (AvgIpc) is 2.41. The summed E-state index contributed by atoms with van der Waals surface area (Å²) < 4.78 is 26.2. The smallest absolute Gasteiger partial charge is 0.131 e. The van der Waals surface area contributed by atoms with E-state index in [1.807, 2.05) is 0 Å². The van der Waals surface area contributed by atoms with Crippen molar-refractivity contribution in [2.45, 2.75) is 51.6 Å². The predicted molar refractivity (Wildman–Crippen MR) is 77.6 cm³/mol. The number of benzene rings is 1. The largest absolute Gasteiger partial charge is 0.387 e. The standard InChI is InChI=1S/C16H25F2NO/c1-2-3-4-5-6-7-10-19-12-16(20)14-9-8-13(17)11-15(14)18/h8-9,11,16,19-20H,2-7,10,12H2,1H3. The van der Waals surface area contributed by atoms with Crippen LogP contribution in [0.3, 0.4) is 0 Å². The summed E-state index contributed by atoms with van der Waals surface area (Å²) in [6.45, 7) is 3.29. The van der Waals surface area contributed by atoms with Crippen LogP contribution in [-0.2, 0) is 0 Å². The zero-order chi connectivity index (χ0) is 14.8. The van der Waals surface area contributed by atoms with Gasteiger partial charge in [0.25, 0.3) is 0 Å². The fourth-order valence-corrected chi connectivity index (χ4v) is 2.15.